The molecule has 13 heavy (non-hydrogen) atoms. The summed E-state index contributed by atoms with van der Waals surface area (Å²) in [6, 6.07) is 4.06. The first-order chi connectivity index (χ1) is 6.33. The first kappa shape index (κ1) is 8.65. The third-order valence-corrected chi connectivity index (χ3v) is 2.99. The van der Waals surface area contributed by atoms with Gasteiger partial charge in [-0.3, -0.25) is 9.67 Å². The average molecular weight is 211 g/mol. The van der Waals surface area contributed by atoms with Gasteiger partial charge >= 0.3 is 0 Å². The summed E-state index contributed by atoms with van der Waals surface area (Å²) >= 11 is 6.76. The van der Waals surface area contributed by atoms with Crippen LogP contribution in [0.25, 0.3) is 10.7 Å². The highest BCUT2D eigenvalue weighted by atomic mass is 32.1. The summed E-state index contributed by atoms with van der Waals surface area (Å²) in [5, 5.41) is 9.02. The molecule has 0 aromatic carbocycles. The number of nitrogens with one attached hydrogen (secondary N) is 1. The standard InChI is InChI=1S/C8H9N3S2/c1-2-11-7(9-10-8(11)12)6-4-3-5-13-6/h3-5H,2H2,1H3,(H,10,12). The van der Waals surface area contributed by atoms with E-state index in [2.05, 4.69) is 17.1 Å². The summed E-state index contributed by atoms with van der Waals surface area (Å²) in [7, 11) is 0. The molecule has 0 aliphatic heterocycles. The van der Waals surface area contributed by atoms with Crippen LogP contribution in [0.4, 0.5) is 0 Å². The van der Waals surface area contributed by atoms with Crippen molar-refractivity contribution in [2.24, 2.45) is 0 Å². The van der Waals surface area contributed by atoms with Crippen LogP contribution in [-0.4, -0.2) is 14.8 Å². The van der Waals surface area contributed by atoms with Crippen LogP contribution in [0.1, 0.15) is 6.92 Å². The zero-order chi connectivity index (χ0) is 9.26. The van der Waals surface area contributed by atoms with Crippen LogP contribution in [0, 0.1) is 4.77 Å². The Morgan fingerprint density at radius 3 is 3.15 bits per heavy atom. The van der Waals surface area contributed by atoms with Crippen LogP contribution < -0.4 is 0 Å². The predicted octanol–water partition coefficient (Wildman–Crippen LogP) is 2.69. The summed E-state index contributed by atoms with van der Waals surface area (Å²) in [5.41, 5.74) is 0. The van der Waals surface area contributed by atoms with Crippen molar-refractivity contribution in [3.05, 3.63) is 22.3 Å². The number of H-pyrrole nitrogens is 1. The molecule has 0 unspecified atom stereocenters. The SMILES string of the molecule is CCn1c(-c2cccs2)n[nH]c1=S. The van der Waals surface area contributed by atoms with Gasteiger partial charge < -0.3 is 0 Å². The summed E-state index contributed by atoms with van der Waals surface area (Å²) < 4.78 is 2.67. The number of nitrogens with zero attached hydrogens (tertiary/aromatic N) is 2. The number of hydrogen-bond acceptors (Lipinski definition) is 3. The van der Waals surface area contributed by atoms with Gasteiger partial charge in [0.05, 0.1) is 4.88 Å². The molecule has 0 bridgehead atoms. The summed E-state index contributed by atoms with van der Waals surface area (Å²) in [5.74, 6) is 0.933. The fourth-order valence-electron chi connectivity index (χ4n) is 1.20. The highest BCUT2D eigenvalue weighted by Gasteiger charge is 2.06. The van der Waals surface area contributed by atoms with Crippen molar-refractivity contribution >= 4 is 23.6 Å². The molecule has 5 heteroatoms. The maximum atomic E-state index is 5.10. The third-order valence-electron chi connectivity index (χ3n) is 1.82. The molecule has 2 heterocycles. The van der Waals surface area contributed by atoms with Crippen LogP contribution >= 0.6 is 23.6 Å². The maximum absolute atomic E-state index is 5.10. The molecule has 0 radical (unpaired) electrons. The number of hydrogen-bond donors (Lipinski definition) is 1. The lowest BCUT2D eigenvalue weighted by Gasteiger charge is -1.99. The van der Waals surface area contributed by atoms with Gasteiger partial charge in [0.25, 0.3) is 0 Å². The average Bonchev–Trinajstić information content (AvgIpc) is 2.71. The highest BCUT2D eigenvalue weighted by molar-refractivity contribution is 7.71. The Balaban J connectivity index is 2.58. The number of thiophene rings is 1. The van der Waals surface area contributed by atoms with Gasteiger partial charge in [0.1, 0.15) is 0 Å². The fraction of sp³-hybridized carbons (Fsp3) is 0.250. The van der Waals surface area contributed by atoms with Crippen molar-refractivity contribution in [1.29, 1.82) is 0 Å². The van der Waals surface area contributed by atoms with Gasteiger partial charge in [-0.05, 0) is 30.6 Å². The van der Waals surface area contributed by atoms with E-state index < -0.39 is 0 Å². The van der Waals surface area contributed by atoms with E-state index in [9.17, 15) is 0 Å². The summed E-state index contributed by atoms with van der Waals surface area (Å²) in [4.78, 5) is 1.15. The molecule has 2 rings (SSSR count). The molecule has 3 nitrogen and oxygen atoms in total. The van der Waals surface area contributed by atoms with Crippen molar-refractivity contribution in [2.75, 3.05) is 0 Å². The van der Waals surface area contributed by atoms with Crippen molar-refractivity contribution in [3.63, 3.8) is 0 Å². The van der Waals surface area contributed by atoms with Gasteiger partial charge in [-0.1, -0.05) is 6.07 Å². The molecule has 0 amide bonds. The minimum atomic E-state index is 0.686. The second-order valence-corrected chi connectivity index (χ2v) is 3.91. The Hall–Kier alpha value is -0.940. The second kappa shape index (κ2) is 3.43. The lowest BCUT2D eigenvalue weighted by Crippen LogP contribution is -1.95. The highest BCUT2D eigenvalue weighted by Crippen LogP contribution is 2.22. The van der Waals surface area contributed by atoms with Crippen LogP contribution in [0.3, 0.4) is 0 Å². The fourth-order valence-corrected chi connectivity index (χ4v) is 2.19. The summed E-state index contributed by atoms with van der Waals surface area (Å²) in [6.45, 7) is 2.91. The molecule has 1 N–H and O–H groups in total. The van der Waals surface area contributed by atoms with Crippen molar-refractivity contribution in [1.82, 2.24) is 14.8 Å². The topological polar surface area (TPSA) is 33.6 Å². The molecule has 2 aromatic rings. The quantitative estimate of drug-likeness (QED) is 0.775. The van der Waals surface area contributed by atoms with Crippen LogP contribution in [0.2, 0.25) is 0 Å². The third kappa shape index (κ3) is 1.45. The minimum absolute atomic E-state index is 0.686. The van der Waals surface area contributed by atoms with Crippen LogP contribution in [-0.2, 0) is 6.54 Å². The Morgan fingerprint density at radius 1 is 1.69 bits per heavy atom. The zero-order valence-electron chi connectivity index (χ0n) is 7.15. The van der Waals surface area contributed by atoms with Crippen molar-refractivity contribution in [3.8, 4) is 10.7 Å². The van der Waals surface area contributed by atoms with Gasteiger partial charge in [0.2, 0.25) is 0 Å². The number of rotatable bonds is 2. The number of aromatic amines is 1. The monoisotopic (exact) mass is 211 g/mol. The van der Waals surface area contributed by atoms with Crippen LogP contribution in [0.15, 0.2) is 17.5 Å². The smallest absolute Gasteiger partial charge is 0.195 e. The van der Waals surface area contributed by atoms with Crippen molar-refractivity contribution < 1.29 is 0 Å². The maximum Gasteiger partial charge on any atom is 0.195 e. The largest absolute Gasteiger partial charge is 0.300 e. The van der Waals surface area contributed by atoms with E-state index in [4.69, 9.17) is 12.2 Å². The Labute approximate surface area is 85.0 Å². The lowest BCUT2D eigenvalue weighted by molar-refractivity contribution is 0.757. The normalized spacial score (nSPS) is 10.5. The Morgan fingerprint density at radius 2 is 2.54 bits per heavy atom. The van der Waals surface area contributed by atoms with E-state index in [1.54, 1.807) is 11.3 Å². The second-order valence-electron chi connectivity index (χ2n) is 2.57. The van der Waals surface area contributed by atoms with E-state index >= 15 is 0 Å². The minimum Gasteiger partial charge on any atom is -0.300 e. The van der Waals surface area contributed by atoms with E-state index in [-0.39, 0.29) is 0 Å². The van der Waals surface area contributed by atoms with Gasteiger partial charge in [0.15, 0.2) is 10.6 Å². The molecule has 2 aromatic heterocycles. The lowest BCUT2D eigenvalue weighted by atomic mass is 10.4. The number of aromatic nitrogens is 3. The van der Waals surface area contributed by atoms with Gasteiger partial charge in [-0.2, -0.15) is 5.10 Å². The molecule has 0 saturated carbocycles. The van der Waals surface area contributed by atoms with E-state index in [0.29, 0.717) is 4.77 Å². The van der Waals surface area contributed by atoms with Gasteiger partial charge in [-0.25, -0.2) is 0 Å². The zero-order valence-corrected chi connectivity index (χ0v) is 8.78. The van der Waals surface area contributed by atoms with Crippen LogP contribution in [0.5, 0.6) is 0 Å². The van der Waals surface area contributed by atoms with E-state index in [1.165, 1.54) is 0 Å². The van der Waals surface area contributed by atoms with Crippen molar-refractivity contribution in [2.45, 2.75) is 13.5 Å². The molecule has 0 atom stereocenters. The molecule has 0 fully saturated rings. The summed E-state index contributed by atoms with van der Waals surface area (Å²) in [6.07, 6.45) is 0. The first-order valence-corrected chi connectivity index (χ1v) is 5.30. The van der Waals surface area contributed by atoms with Gasteiger partial charge in [0, 0.05) is 6.54 Å². The first-order valence-electron chi connectivity index (χ1n) is 4.02. The molecular formula is C8H9N3S2. The molecule has 0 aliphatic carbocycles. The predicted molar refractivity (Wildman–Crippen MR) is 56.4 cm³/mol. The Kier molecular flexibility index (Phi) is 2.28. The van der Waals surface area contributed by atoms with E-state index in [0.717, 1.165) is 17.2 Å². The molecule has 68 valence electrons. The molecule has 0 spiro atoms. The molecule has 0 saturated heterocycles. The molecular weight excluding hydrogens is 202 g/mol. The van der Waals surface area contributed by atoms with Gasteiger partial charge in [-0.15, -0.1) is 11.3 Å². The van der Waals surface area contributed by atoms with E-state index in [1.807, 2.05) is 22.1 Å². The Bertz CT molecular complexity index is 438. The molecule has 0 aliphatic rings.